The molecule has 2 aromatic rings. The number of amides is 1. The van der Waals surface area contributed by atoms with Crippen LogP contribution in [0.2, 0.25) is 0 Å². The summed E-state index contributed by atoms with van der Waals surface area (Å²) < 4.78 is 40.3. The van der Waals surface area contributed by atoms with Crippen molar-refractivity contribution < 1.29 is 27.8 Å². The topological polar surface area (TPSA) is 114 Å². The molecule has 1 heterocycles. The van der Waals surface area contributed by atoms with Crippen LogP contribution in [-0.4, -0.2) is 37.7 Å². The van der Waals surface area contributed by atoms with E-state index in [2.05, 4.69) is 43.4 Å². The first-order valence-corrected chi connectivity index (χ1v) is 15.4. The van der Waals surface area contributed by atoms with Crippen LogP contribution in [0, 0.1) is 13.8 Å². The van der Waals surface area contributed by atoms with Crippen molar-refractivity contribution in [3.8, 4) is 11.5 Å². The SMILES string of the molecule is C=C1CC[C@@H](Oc2ccc(C3CC(=O)NS(=O)(=O)N3)cc2)C/C=C\C=C/1c1c(C)cc(OCCC(C)(C)O)cc1C. The molecule has 2 aliphatic rings. The van der Waals surface area contributed by atoms with E-state index in [1.807, 2.05) is 29.0 Å². The van der Waals surface area contributed by atoms with Crippen LogP contribution in [-0.2, 0) is 15.0 Å². The first-order valence-electron chi connectivity index (χ1n) is 13.9. The smallest absolute Gasteiger partial charge is 0.301 e. The molecule has 2 atom stereocenters. The van der Waals surface area contributed by atoms with Crippen LogP contribution in [0.5, 0.6) is 11.5 Å². The van der Waals surface area contributed by atoms with Crippen LogP contribution in [0.3, 0.4) is 0 Å². The Kier molecular flexibility index (Phi) is 9.41. The number of aliphatic hydroxyl groups is 1. The largest absolute Gasteiger partial charge is 0.493 e. The molecule has 0 bridgehead atoms. The zero-order valence-corrected chi connectivity index (χ0v) is 25.0. The van der Waals surface area contributed by atoms with E-state index in [9.17, 15) is 18.3 Å². The zero-order valence-electron chi connectivity index (χ0n) is 24.2. The lowest BCUT2D eigenvalue weighted by atomic mass is 9.89. The molecule has 0 radical (unpaired) electrons. The molecule has 9 heteroatoms. The normalized spacial score (nSPS) is 23.3. The van der Waals surface area contributed by atoms with Gasteiger partial charge in [-0.3, -0.25) is 4.79 Å². The molecule has 0 saturated carbocycles. The maximum absolute atomic E-state index is 11.8. The van der Waals surface area contributed by atoms with Crippen LogP contribution in [0.1, 0.15) is 74.2 Å². The maximum atomic E-state index is 11.8. The third kappa shape index (κ3) is 8.55. The van der Waals surface area contributed by atoms with Crippen molar-refractivity contribution in [1.29, 1.82) is 0 Å². The quantitative estimate of drug-likeness (QED) is 0.387. The van der Waals surface area contributed by atoms with Gasteiger partial charge < -0.3 is 14.6 Å². The van der Waals surface area contributed by atoms with E-state index in [4.69, 9.17) is 9.47 Å². The average Bonchev–Trinajstić information content (AvgIpc) is 2.94. The molecule has 1 saturated heterocycles. The Morgan fingerprint density at radius 3 is 2.41 bits per heavy atom. The van der Waals surface area contributed by atoms with Crippen molar-refractivity contribution in [3.63, 3.8) is 0 Å². The van der Waals surface area contributed by atoms with Crippen LogP contribution in [0.15, 0.2) is 66.8 Å². The van der Waals surface area contributed by atoms with E-state index in [-0.39, 0.29) is 12.5 Å². The van der Waals surface area contributed by atoms with Crippen LogP contribution in [0.4, 0.5) is 0 Å². The minimum Gasteiger partial charge on any atom is -0.493 e. The van der Waals surface area contributed by atoms with E-state index < -0.39 is 27.8 Å². The Morgan fingerprint density at radius 1 is 1.10 bits per heavy atom. The van der Waals surface area contributed by atoms with Gasteiger partial charge in [-0.1, -0.05) is 36.9 Å². The maximum Gasteiger partial charge on any atom is 0.301 e. The fraction of sp³-hybridized carbons (Fsp3) is 0.406. The summed E-state index contributed by atoms with van der Waals surface area (Å²) in [5.74, 6) is 0.943. The number of hydrogen-bond donors (Lipinski definition) is 3. The van der Waals surface area contributed by atoms with Crippen LogP contribution in [0.25, 0.3) is 5.57 Å². The highest BCUT2D eigenvalue weighted by Crippen LogP contribution is 2.35. The van der Waals surface area contributed by atoms with Crippen LogP contribution < -0.4 is 18.9 Å². The molecule has 8 nitrogen and oxygen atoms in total. The fourth-order valence-electron chi connectivity index (χ4n) is 5.11. The first-order chi connectivity index (χ1) is 19.3. The van der Waals surface area contributed by atoms with Crippen molar-refractivity contribution in [3.05, 3.63) is 89.0 Å². The lowest BCUT2D eigenvalue weighted by molar-refractivity contribution is -0.120. The van der Waals surface area contributed by atoms with E-state index >= 15 is 0 Å². The molecular weight excluding hydrogens is 540 g/mol. The van der Waals surface area contributed by atoms with E-state index in [1.165, 1.54) is 0 Å². The lowest BCUT2D eigenvalue weighted by Gasteiger charge is -2.24. The molecule has 1 aliphatic heterocycles. The number of nitrogens with one attached hydrogen (secondary N) is 2. The average molecular weight is 581 g/mol. The minimum absolute atomic E-state index is 0.0427. The number of carbonyl (C=O) groups excluding carboxylic acids is 1. The predicted octanol–water partition coefficient (Wildman–Crippen LogP) is 5.37. The molecule has 41 heavy (non-hydrogen) atoms. The lowest BCUT2D eigenvalue weighted by Crippen LogP contribution is -2.48. The van der Waals surface area contributed by atoms with Gasteiger partial charge >= 0.3 is 10.2 Å². The Bertz CT molecular complexity index is 1430. The summed E-state index contributed by atoms with van der Waals surface area (Å²) in [5.41, 5.74) is 5.43. The molecule has 2 aromatic carbocycles. The molecule has 3 N–H and O–H groups in total. The van der Waals surface area contributed by atoms with Crippen molar-refractivity contribution in [2.45, 2.75) is 77.5 Å². The second kappa shape index (κ2) is 12.6. The Morgan fingerprint density at radius 2 is 1.78 bits per heavy atom. The Hall–Kier alpha value is -3.40. The Labute approximate surface area is 243 Å². The number of carbonyl (C=O) groups is 1. The highest BCUT2D eigenvalue weighted by molar-refractivity contribution is 7.88. The number of ether oxygens (including phenoxy) is 2. The molecule has 1 unspecified atom stereocenters. The zero-order chi connectivity index (χ0) is 29.8. The summed E-state index contributed by atoms with van der Waals surface area (Å²) in [7, 11) is -3.84. The third-order valence-corrected chi connectivity index (χ3v) is 8.32. The van der Waals surface area contributed by atoms with Gasteiger partial charge in [0.1, 0.15) is 17.6 Å². The van der Waals surface area contributed by atoms with Gasteiger partial charge in [-0.05, 0) is 98.2 Å². The summed E-state index contributed by atoms with van der Waals surface area (Å²) in [5, 5.41) is 9.96. The summed E-state index contributed by atoms with van der Waals surface area (Å²) >= 11 is 0. The van der Waals surface area contributed by atoms with Crippen LogP contribution >= 0.6 is 0 Å². The molecule has 4 rings (SSSR count). The third-order valence-electron chi connectivity index (χ3n) is 7.23. The van der Waals surface area contributed by atoms with Gasteiger partial charge in [0.15, 0.2) is 0 Å². The monoisotopic (exact) mass is 580 g/mol. The number of rotatable bonds is 8. The van der Waals surface area contributed by atoms with Crippen molar-refractivity contribution >= 4 is 21.7 Å². The number of aryl methyl sites for hydroxylation is 2. The summed E-state index contributed by atoms with van der Waals surface area (Å²) in [6.07, 6.45) is 9.07. The molecule has 0 spiro atoms. The van der Waals surface area contributed by atoms with Gasteiger partial charge in [0.2, 0.25) is 5.91 Å². The van der Waals surface area contributed by atoms with E-state index in [1.54, 1.807) is 26.0 Å². The summed E-state index contributed by atoms with van der Waals surface area (Å²) in [4.78, 5) is 11.8. The highest BCUT2D eigenvalue weighted by Gasteiger charge is 2.29. The molecule has 0 aromatic heterocycles. The summed E-state index contributed by atoms with van der Waals surface area (Å²) in [6, 6.07) is 10.7. The molecule has 220 valence electrons. The number of benzene rings is 2. The van der Waals surface area contributed by atoms with Gasteiger partial charge in [0.25, 0.3) is 0 Å². The van der Waals surface area contributed by atoms with Crippen molar-refractivity contribution in [2.24, 2.45) is 0 Å². The molecule has 1 aliphatic carbocycles. The van der Waals surface area contributed by atoms with Gasteiger partial charge in [0.05, 0.1) is 18.2 Å². The molecular formula is C32H40N2O6S. The van der Waals surface area contributed by atoms with E-state index in [0.29, 0.717) is 24.3 Å². The van der Waals surface area contributed by atoms with Gasteiger partial charge in [-0.25, -0.2) is 4.72 Å². The fourth-order valence-corrected chi connectivity index (χ4v) is 6.15. The van der Waals surface area contributed by atoms with Crippen molar-refractivity contribution in [1.82, 2.24) is 9.44 Å². The number of hydrogen-bond acceptors (Lipinski definition) is 6. The first kappa shape index (κ1) is 30.6. The number of allylic oxidation sites excluding steroid dienone is 4. The van der Waals surface area contributed by atoms with E-state index in [0.717, 1.165) is 52.8 Å². The highest BCUT2D eigenvalue weighted by atomic mass is 32.2. The standard InChI is InChI=1S/C32H40N2O6S/c1-21-10-13-25(40-26-14-11-24(12-15-26)29-20-30(35)34-41(37,38)33-29)8-6-7-9-28(21)31-22(2)18-27(19-23(31)3)39-17-16-32(4,5)36/h6-7,9,11-12,14-15,18-19,25,29,33,36H,1,8,10,13,16-17,20H2,2-5H3,(H,34,35)/b7-6-,28-9+/t25-,29?/m0/s1. The van der Waals surface area contributed by atoms with Crippen molar-refractivity contribution in [2.75, 3.05) is 6.61 Å². The molecule has 1 amide bonds. The van der Waals surface area contributed by atoms with Gasteiger partial charge in [-0.2, -0.15) is 13.1 Å². The second-order valence-electron chi connectivity index (χ2n) is 11.4. The Balaban J connectivity index is 1.40. The molecule has 1 fully saturated rings. The predicted molar refractivity (Wildman–Crippen MR) is 161 cm³/mol. The van der Waals surface area contributed by atoms with Gasteiger partial charge in [-0.15, -0.1) is 0 Å². The van der Waals surface area contributed by atoms with Gasteiger partial charge in [0, 0.05) is 19.3 Å². The minimum atomic E-state index is -3.84. The summed E-state index contributed by atoms with van der Waals surface area (Å²) in [6.45, 7) is 12.6. The second-order valence-corrected chi connectivity index (χ2v) is 12.9.